The summed E-state index contributed by atoms with van der Waals surface area (Å²) in [5, 5.41) is 21.7. The third kappa shape index (κ3) is 12.9. The number of hydrogen-bond donors (Lipinski definition) is 2. The van der Waals surface area contributed by atoms with Crippen LogP contribution in [0.2, 0.25) is 0 Å². The smallest absolute Gasteiger partial charge is 0.408 e. The van der Waals surface area contributed by atoms with Crippen LogP contribution in [0.1, 0.15) is 58.9 Å². The summed E-state index contributed by atoms with van der Waals surface area (Å²) in [5.41, 5.74) is -0.0602. The molecule has 0 bridgehead atoms. The van der Waals surface area contributed by atoms with Crippen molar-refractivity contribution in [3.05, 3.63) is 40.0 Å². The Morgan fingerprint density at radius 3 is 2.50 bits per heavy atom. The number of methoxy groups -OCH3 is 1. The zero-order valence-electron chi connectivity index (χ0n) is 21.4. The monoisotopic (exact) mass is 512 g/mol. The summed E-state index contributed by atoms with van der Waals surface area (Å²) in [6.45, 7) is 7.22. The normalized spacial score (nSPS) is 13.1. The van der Waals surface area contributed by atoms with Gasteiger partial charge in [-0.25, -0.2) is 9.59 Å². The lowest BCUT2D eigenvalue weighted by atomic mass is 10.1. The standard InChI is InChI=1S/C24H36N2O10/c1-6-9-18(25-23(29)36-24(2,3)4)22(28)35-19-12-10-17(16-20(19)32-5)11-13-21(27)33-14-7-8-15-34-26(30)31/h10-13,16,18,21,27H,6-9,14-15H2,1-5H3,(H,25,29)/b13-11+. The van der Waals surface area contributed by atoms with Crippen molar-refractivity contribution in [1.29, 1.82) is 0 Å². The fourth-order valence-electron chi connectivity index (χ4n) is 2.84. The molecule has 0 saturated heterocycles. The van der Waals surface area contributed by atoms with Gasteiger partial charge >= 0.3 is 12.1 Å². The number of esters is 1. The summed E-state index contributed by atoms with van der Waals surface area (Å²) in [6.07, 6.45) is 3.01. The number of hydrogen-bond acceptors (Lipinski definition) is 10. The molecule has 1 rings (SSSR count). The number of unbranched alkanes of at least 4 members (excludes halogenated alkanes) is 1. The van der Waals surface area contributed by atoms with Crippen LogP contribution in [-0.4, -0.2) is 60.5 Å². The molecule has 1 amide bonds. The lowest BCUT2D eigenvalue weighted by molar-refractivity contribution is -0.757. The Kier molecular flexibility index (Phi) is 13.3. The Hall–Kier alpha value is -3.38. The van der Waals surface area contributed by atoms with Crippen molar-refractivity contribution in [3.63, 3.8) is 0 Å². The highest BCUT2D eigenvalue weighted by Crippen LogP contribution is 2.29. The number of ether oxygens (including phenoxy) is 4. The first-order valence-electron chi connectivity index (χ1n) is 11.6. The van der Waals surface area contributed by atoms with Gasteiger partial charge in [0.15, 0.2) is 17.8 Å². The number of nitrogens with one attached hydrogen (secondary N) is 1. The molecule has 12 nitrogen and oxygen atoms in total. The minimum atomic E-state index is -1.18. The molecule has 2 atom stereocenters. The van der Waals surface area contributed by atoms with E-state index in [1.165, 1.54) is 19.3 Å². The van der Waals surface area contributed by atoms with Crippen molar-refractivity contribution in [2.45, 2.75) is 71.3 Å². The molecule has 12 heteroatoms. The van der Waals surface area contributed by atoms with Crippen LogP contribution in [0.5, 0.6) is 11.5 Å². The highest BCUT2D eigenvalue weighted by Gasteiger charge is 2.26. The van der Waals surface area contributed by atoms with Crippen LogP contribution in [0.3, 0.4) is 0 Å². The second kappa shape index (κ2) is 15.6. The van der Waals surface area contributed by atoms with Gasteiger partial charge in [0.05, 0.1) is 20.3 Å². The van der Waals surface area contributed by atoms with Crippen molar-refractivity contribution in [2.75, 3.05) is 20.3 Å². The van der Waals surface area contributed by atoms with Gasteiger partial charge in [-0.05, 0) is 63.8 Å². The van der Waals surface area contributed by atoms with E-state index in [2.05, 4.69) is 10.2 Å². The van der Waals surface area contributed by atoms with E-state index in [1.807, 2.05) is 6.92 Å². The number of aliphatic hydroxyl groups is 1. The Morgan fingerprint density at radius 1 is 1.19 bits per heavy atom. The molecular formula is C24H36N2O10. The molecule has 1 aromatic carbocycles. The van der Waals surface area contributed by atoms with Gasteiger partial charge < -0.3 is 34.2 Å². The van der Waals surface area contributed by atoms with Gasteiger partial charge in [-0.15, -0.1) is 10.1 Å². The number of carbonyl (C=O) groups excluding carboxylic acids is 2. The average molecular weight is 513 g/mol. The quantitative estimate of drug-likeness (QED) is 0.0888. The first-order valence-corrected chi connectivity index (χ1v) is 11.6. The van der Waals surface area contributed by atoms with Crippen molar-refractivity contribution < 1.29 is 43.6 Å². The molecule has 0 heterocycles. The minimum absolute atomic E-state index is 0.0325. The van der Waals surface area contributed by atoms with Crippen molar-refractivity contribution in [3.8, 4) is 11.5 Å². The van der Waals surface area contributed by atoms with E-state index in [-0.39, 0.29) is 24.7 Å². The Bertz CT molecular complexity index is 882. The largest absolute Gasteiger partial charge is 0.493 e. The molecule has 202 valence electrons. The third-order valence-electron chi connectivity index (χ3n) is 4.43. The van der Waals surface area contributed by atoms with Gasteiger partial charge in [0.2, 0.25) is 0 Å². The van der Waals surface area contributed by atoms with Crippen LogP contribution in [0.4, 0.5) is 4.79 Å². The van der Waals surface area contributed by atoms with Crippen molar-refractivity contribution in [2.24, 2.45) is 0 Å². The second-order valence-corrected chi connectivity index (χ2v) is 8.70. The molecule has 0 aromatic heterocycles. The predicted molar refractivity (Wildman–Crippen MR) is 130 cm³/mol. The Labute approximate surface area is 210 Å². The molecule has 0 aliphatic carbocycles. The van der Waals surface area contributed by atoms with E-state index >= 15 is 0 Å². The number of rotatable bonds is 15. The van der Waals surface area contributed by atoms with E-state index in [9.17, 15) is 24.8 Å². The first-order chi connectivity index (χ1) is 16.9. The van der Waals surface area contributed by atoms with Crippen LogP contribution in [0.15, 0.2) is 24.3 Å². The topological polar surface area (TPSA) is 156 Å². The summed E-state index contributed by atoms with van der Waals surface area (Å²) in [4.78, 5) is 39.1. The maximum atomic E-state index is 12.7. The Morgan fingerprint density at radius 2 is 1.89 bits per heavy atom. The molecule has 0 aliphatic rings. The highest BCUT2D eigenvalue weighted by molar-refractivity contribution is 5.83. The van der Waals surface area contributed by atoms with E-state index in [4.69, 9.17) is 18.9 Å². The van der Waals surface area contributed by atoms with Gasteiger partial charge in [-0.3, -0.25) is 0 Å². The van der Waals surface area contributed by atoms with E-state index < -0.39 is 35.1 Å². The summed E-state index contributed by atoms with van der Waals surface area (Å²) < 4.78 is 21.2. The predicted octanol–water partition coefficient (Wildman–Crippen LogP) is 3.63. The molecule has 0 saturated carbocycles. The molecule has 0 fully saturated rings. The Balaban J connectivity index is 2.70. The van der Waals surface area contributed by atoms with E-state index in [1.54, 1.807) is 39.0 Å². The van der Waals surface area contributed by atoms with Crippen molar-refractivity contribution in [1.82, 2.24) is 5.32 Å². The van der Waals surface area contributed by atoms with Gasteiger partial charge in [0.1, 0.15) is 11.6 Å². The second-order valence-electron chi connectivity index (χ2n) is 8.70. The van der Waals surface area contributed by atoms with Gasteiger partial charge in [0, 0.05) is 0 Å². The SMILES string of the molecule is CCCC(NC(=O)OC(C)(C)C)C(=O)Oc1ccc(/C=C/C(O)OCCCCO[N+](=O)[O-])cc1OC. The molecule has 0 aliphatic heterocycles. The van der Waals surface area contributed by atoms with E-state index in [0.29, 0.717) is 31.2 Å². The lowest BCUT2D eigenvalue weighted by Crippen LogP contribution is -2.45. The summed E-state index contributed by atoms with van der Waals surface area (Å²) in [6, 6.07) is 3.90. The molecular weight excluding hydrogens is 476 g/mol. The molecule has 0 radical (unpaired) electrons. The highest BCUT2D eigenvalue weighted by atomic mass is 16.9. The summed E-state index contributed by atoms with van der Waals surface area (Å²) in [5.74, 6) is -0.212. The fourth-order valence-corrected chi connectivity index (χ4v) is 2.84. The fraction of sp³-hybridized carbons (Fsp3) is 0.583. The zero-order chi connectivity index (χ0) is 27.1. The van der Waals surface area contributed by atoms with Gasteiger partial charge in [0.25, 0.3) is 5.09 Å². The molecule has 1 aromatic rings. The number of alkyl carbamates (subject to hydrolysis) is 1. The van der Waals surface area contributed by atoms with Gasteiger partial charge in [-0.2, -0.15) is 0 Å². The summed E-state index contributed by atoms with van der Waals surface area (Å²) >= 11 is 0. The number of carbonyl (C=O) groups is 2. The maximum Gasteiger partial charge on any atom is 0.408 e. The average Bonchev–Trinajstić information content (AvgIpc) is 2.78. The van der Waals surface area contributed by atoms with Crippen LogP contribution in [-0.2, 0) is 19.1 Å². The maximum absolute atomic E-state index is 12.7. The zero-order valence-corrected chi connectivity index (χ0v) is 21.4. The van der Waals surface area contributed by atoms with E-state index in [0.717, 1.165) is 0 Å². The number of benzene rings is 1. The van der Waals surface area contributed by atoms with Crippen LogP contribution in [0, 0.1) is 10.1 Å². The third-order valence-corrected chi connectivity index (χ3v) is 4.43. The number of amides is 1. The molecule has 36 heavy (non-hydrogen) atoms. The van der Waals surface area contributed by atoms with Crippen LogP contribution in [0.25, 0.3) is 6.08 Å². The molecule has 0 spiro atoms. The van der Waals surface area contributed by atoms with Crippen LogP contribution < -0.4 is 14.8 Å². The number of aliphatic hydroxyl groups excluding tert-OH is 1. The number of nitrogens with zero attached hydrogens (tertiary/aromatic N) is 1. The minimum Gasteiger partial charge on any atom is -0.493 e. The van der Waals surface area contributed by atoms with Crippen LogP contribution >= 0.6 is 0 Å². The van der Waals surface area contributed by atoms with Crippen molar-refractivity contribution >= 4 is 18.1 Å². The summed E-state index contributed by atoms with van der Waals surface area (Å²) in [7, 11) is 1.42. The molecule has 2 N–H and O–H groups in total. The first kappa shape index (κ1) is 30.7. The molecule has 2 unspecified atom stereocenters. The lowest BCUT2D eigenvalue weighted by Gasteiger charge is -2.23. The van der Waals surface area contributed by atoms with Gasteiger partial charge in [-0.1, -0.05) is 25.5 Å².